The average molecular weight is 447 g/mol. The van der Waals surface area contributed by atoms with Crippen molar-refractivity contribution in [3.8, 4) is 0 Å². The quantitative estimate of drug-likeness (QED) is 0.222. The molecule has 0 radical (unpaired) electrons. The summed E-state index contributed by atoms with van der Waals surface area (Å²) in [4.78, 5) is 42.2. The van der Waals surface area contributed by atoms with Crippen molar-refractivity contribution in [1.29, 1.82) is 0 Å². The van der Waals surface area contributed by atoms with E-state index in [1.807, 2.05) is 6.07 Å². The van der Waals surface area contributed by atoms with Gasteiger partial charge in [0.15, 0.2) is 11.8 Å². The zero-order valence-electron chi connectivity index (χ0n) is 17.0. The number of amides is 1. The van der Waals surface area contributed by atoms with Gasteiger partial charge in [-0.25, -0.2) is 10.4 Å². The van der Waals surface area contributed by atoms with E-state index >= 15 is 0 Å². The van der Waals surface area contributed by atoms with Crippen LogP contribution in [0.4, 0.5) is 5.69 Å². The second-order valence-electron chi connectivity index (χ2n) is 6.99. The van der Waals surface area contributed by atoms with Crippen molar-refractivity contribution in [1.82, 2.24) is 15.4 Å². The van der Waals surface area contributed by atoms with Gasteiger partial charge in [0, 0.05) is 12.1 Å². The minimum Gasteiger partial charge on any atom is -0.466 e. The number of benzene rings is 2. The molecule has 33 heavy (non-hydrogen) atoms. The fourth-order valence-corrected chi connectivity index (χ4v) is 3.13. The van der Waals surface area contributed by atoms with Crippen molar-refractivity contribution in [2.75, 3.05) is 0 Å². The molecule has 11 nitrogen and oxygen atoms in total. The summed E-state index contributed by atoms with van der Waals surface area (Å²) < 4.78 is 5.21. The summed E-state index contributed by atoms with van der Waals surface area (Å²) in [6, 6.07) is 15.7. The number of hydrazone groups is 1. The van der Waals surface area contributed by atoms with E-state index in [0.717, 1.165) is 5.56 Å². The summed E-state index contributed by atoms with van der Waals surface area (Å²) in [6.07, 6.45) is -0.151. The zero-order valence-corrected chi connectivity index (χ0v) is 17.0. The molecule has 1 atom stereocenters. The average Bonchev–Trinajstić information content (AvgIpc) is 3.34. The van der Waals surface area contributed by atoms with Gasteiger partial charge in [0.2, 0.25) is 5.91 Å². The van der Waals surface area contributed by atoms with Crippen LogP contribution in [-0.2, 0) is 11.2 Å². The first-order valence-electron chi connectivity index (χ1n) is 9.73. The smallest absolute Gasteiger partial charge is 0.276 e. The Morgan fingerprint density at radius 1 is 1.21 bits per heavy atom. The maximum Gasteiger partial charge on any atom is 0.276 e. The monoisotopic (exact) mass is 447 g/mol. The van der Waals surface area contributed by atoms with Gasteiger partial charge in [-0.05, 0) is 23.8 Å². The Balaban J connectivity index is 1.72. The highest BCUT2D eigenvalue weighted by molar-refractivity contribution is 6.03. The van der Waals surface area contributed by atoms with Gasteiger partial charge in [-0.1, -0.05) is 30.3 Å². The van der Waals surface area contributed by atoms with Crippen LogP contribution in [0.25, 0.3) is 11.0 Å². The number of non-ortho nitro benzene ring substituents is 1. The number of furan rings is 1. The van der Waals surface area contributed by atoms with Crippen LogP contribution in [0.2, 0.25) is 0 Å². The van der Waals surface area contributed by atoms with E-state index in [1.54, 1.807) is 30.3 Å². The van der Waals surface area contributed by atoms with Crippen molar-refractivity contribution in [3.63, 3.8) is 0 Å². The molecule has 0 spiro atoms. The van der Waals surface area contributed by atoms with Crippen molar-refractivity contribution in [3.05, 3.63) is 104 Å². The van der Waals surface area contributed by atoms with Crippen molar-refractivity contribution < 1.29 is 19.2 Å². The van der Waals surface area contributed by atoms with E-state index in [0.29, 0.717) is 0 Å². The number of carbonyl (C=O) groups is 1. The number of nitro groups is 1. The molecule has 2 heterocycles. The van der Waals surface area contributed by atoms with Crippen LogP contribution in [-0.4, -0.2) is 31.6 Å². The molecule has 1 amide bonds. The number of carbonyl (C=O) groups excluding carboxylic acids is 1. The van der Waals surface area contributed by atoms with E-state index in [2.05, 4.69) is 20.5 Å². The predicted octanol–water partition coefficient (Wildman–Crippen LogP) is 2.22. The molecule has 0 bridgehead atoms. The molecule has 0 fully saturated rings. The Morgan fingerprint density at radius 2 is 2.00 bits per heavy atom. The standard InChI is InChI=1S/C22H17N5O6/c28-18(11-13-5-2-1-3-6-13)25-26-19(21(29)17-7-4-10-33-17)20-22(30)24-16-12-14(27(31)32)8-9-15(16)23-20/h1-10,12,21,29H,11H2,(H,24,30)(H,25,28). The number of nitrogens with one attached hydrogen (secondary N) is 2. The number of aromatic nitrogens is 2. The number of fused-ring (bicyclic) bond motifs is 1. The van der Waals surface area contributed by atoms with Gasteiger partial charge in [0.05, 0.1) is 28.6 Å². The number of aromatic amines is 1. The minimum absolute atomic E-state index is 0.0274. The molecule has 2 aromatic heterocycles. The third kappa shape index (κ3) is 4.83. The van der Waals surface area contributed by atoms with Gasteiger partial charge < -0.3 is 14.5 Å². The van der Waals surface area contributed by atoms with Crippen LogP contribution in [0.3, 0.4) is 0 Å². The van der Waals surface area contributed by atoms with Gasteiger partial charge in [0.1, 0.15) is 11.5 Å². The van der Waals surface area contributed by atoms with Crippen LogP contribution in [0.5, 0.6) is 0 Å². The second kappa shape index (κ2) is 9.24. The highest BCUT2D eigenvalue weighted by Gasteiger charge is 2.25. The third-order valence-corrected chi connectivity index (χ3v) is 4.71. The number of hydrogen-bond acceptors (Lipinski definition) is 8. The third-order valence-electron chi connectivity index (χ3n) is 4.71. The fraction of sp³-hybridized carbons (Fsp3) is 0.0909. The number of H-pyrrole nitrogens is 1. The molecule has 3 N–H and O–H groups in total. The van der Waals surface area contributed by atoms with Gasteiger partial charge >= 0.3 is 0 Å². The molecule has 2 aromatic carbocycles. The molecular formula is C22H17N5O6. The van der Waals surface area contributed by atoms with Gasteiger partial charge in [0.25, 0.3) is 11.2 Å². The summed E-state index contributed by atoms with van der Waals surface area (Å²) in [5.41, 5.74) is 1.94. The van der Waals surface area contributed by atoms with E-state index in [4.69, 9.17) is 4.42 Å². The van der Waals surface area contributed by atoms with Crippen molar-refractivity contribution >= 4 is 28.3 Å². The van der Waals surface area contributed by atoms with Crippen LogP contribution in [0.15, 0.2) is 81.2 Å². The maximum absolute atomic E-state index is 12.7. The number of aliphatic hydroxyl groups excluding tert-OH is 1. The Morgan fingerprint density at radius 3 is 2.70 bits per heavy atom. The molecule has 0 aliphatic carbocycles. The minimum atomic E-state index is -1.51. The predicted molar refractivity (Wildman–Crippen MR) is 118 cm³/mol. The highest BCUT2D eigenvalue weighted by atomic mass is 16.6. The van der Waals surface area contributed by atoms with Crippen LogP contribution < -0.4 is 11.0 Å². The van der Waals surface area contributed by atoms with Crippen molar-refractivity contribution in [2.24, 2.45) is 5.10 Å². The normalized spacial score (nSPS) is 12.5. The highest BCUT2D eigenvalue weighted by Crippen LogP contribution is 2.20. The molecule has 4 aromatic rings. The molecule has 166 valence electrons. The van der Waals surface area contributed by atoms with E-state index < -0.39 is 22.5 Å². The maximum atomic E-state index is 12.7. The number of hydrogen-bond donors (Lipinski definition) is 3. The Labute approximate surface area is 185 Å². The fourth-order valence-electron chi connectivity index (χ4n) is 3.13. The Hall–Kier alpha value is -4.64. The molecule has 11 heteroatoms. The topological polar surface area (TPSA) is 164 Å². The van der Waals surface area contributed by atoms with Crippen LogP contribution in [0.1, 0.15) is 23.1 Å². The van der Waals surface area contributed by atoms with Crippen LogP contribution >= 0.6 is 0 Å². The SMILES string of the molecule is O=C(Cc1ccccc1)NN=C(c1nc2ccc([N+](=O)[O-])cc2[nH]c1=O)C(O)c1ccco1. The van der Waals surface area contributed by atoms with E-state index in [1.165, 1.54) is 30.5 Å². The number of aliphatic hydroxyl groups is 1. The lowest BCUT2D eigenvalue weighted by Crippen LogP contribution is -2.29. The van der Waals surface area contributed by atoms with E-state index in [-0.39, 0.29) is 40.3 Å². The molecule has 0 saturated heterocycles. The summed E-state index contributed by atoms with van der Waals surface area (Å²) in [5.74, 6) is -0.394. The largest absolute Gasteiger partial charge is 0.466 e. The summed E-state index contributed by atoms with van der Waals surface area (Å²) in [5, 5.41) is 25.8. The van der Waals surface area contributed by atoms with Crippen LogP contribution in [0, 0.1) is 10.1 Å². The second-order valence-corrected chi connectivity index (χ2v) is 6.99. The first-order chi connectivity index (χ1) is 15.9. The lowest BCUT2D eigenvalue weighted by molar-refractivity contribution is -0.384. The van der Waals surface area contributed by atoms with Gasteiger partial charge in [-0.2, -0.15) is 5.10 Å². The van der Waals surface area contributed by atoms with E-state index in [9.17, 15) is 24.8 Å². The lowest BCUT2D eigenvalue weighted by Gasteiger charge is -2.12. The molecule has 4 rings (SSSR count). The number of rotatable bonds is 7. The lowest BCUT2D eigenvalue weighted by atomic mass is 10.1. The summed E-state index contributed by atoms with van der Waals surface area (Å²) in [6.45, 7) is 0. The molecule has 0 aliphatic rings. The summed E-state index contributed by atoms with van der Waals surface area (Å²) in [7, 11) is 0. The first-order valence-corrected chi connectivity index (χ1v) is 9.73. The van der Waals surface area contributed by atoms with Gasteiger partial charge in [-0.3, -0.25) is 19.7 Å². The molecular weight excluding hydrogens is 430 g/mol. The molecule has 0 aliphatic heterocycles. The number of nitro benzene ring substituents is 1. The number of nitrogens with zero attached hydrogens (tertiary/aromatic N) is 3. The van der Waals surface area contributed by atoms with Gasteiger partial charge in [-0.15, -0.1) is 0 Å². The summed E-state index contributed by atoms with van der Waals surface area (Å²) >= 11 is 0. The Bertz CT molecular complexity index is 1400. The first kappa shape index (κ1) is 21.6. The zero-order chi connectivity index (χ0) is 23.4. The molecule has 1 unspecified atom stereocenters. The Kier molecular flexibility index (Phi) is 6.04. The molecule has 0 saturated carbocycles. The van der Waals surface area contributed by atoms with Crippen molar-refractivity contribution in [2.45, 2.75) is 12.5 Å².